The summed E-state index contributed by atoms with van der Waals surface area (Å²) >= 11 is 0. The molecule has 0 aromatic carbocycles. The fourth-order valence-corrected chi connectivity index (χ4v) is 3.50. The van der Waals surface area contributed by atoms with E-state index in [9.17, 15) is 19.5 Å². The van der Waals surface area contributed by atoms with Crippen molar-refractivity contribution >= 4 is 17.8 Å². The second kappa shape index (κ2) is 6.45. The first-order valence-corrected chi connectivity index (χ1v) is 7.71. The van der Waals surface area contributed by atoms with Gasteiger partial charge in [-0.25, -0.2) is 0 Å². The third kappa shape index (κ3) is 3.36. The number of rotatable bonds is 3. The van der Waals surface area contributed by atoms with Gasteiger partial charge in [-0.3, -0.25) is 14.4 Å². The van der Waals surface area contributed by atoms with E-state index in [2.05, 4.69) is 0 Å². The molecule has 0 radical (unpaired) electrons. The molecule has 1 aliphatic carbocycles. The van der Waals surface area contributed by atoms with Crippen molar-refractivity contribution in [1.29, 1.82) is 0 Å². The van der Waals surface area contributed by atoms with Crippen LogP contribution in [0.2, 0.25) is 0 Å². The van der Waals surface area contributed by atoms with Crippen LogP contribution in [0.5, 0.6) is 0 Å². The fraction of sp³-hybridized carbons (Fsp3) is 0.800. The molecule has 1 heterocycles. The van der Waals surface area contributed by atoms with Gasteiger partial charge in [0, 0.05) is 33.1 Å². The van der Waals surface area contributed by atoms with Gasteiger partial charge in [-0.1, -0.05) is 13.3 Å². The first-order valence-electron chi connectivity index (χ1n) is 7.71. The van der Waals surface area contributed by atoms with Crippen LogP contribution < -0.4 is 0 Å². The summed E-state index contributed by atoms with van der Waals surface area (Å²) in [4.78, 5) is 38.7. The highest BCUT2D eigenvalue weighted by molar-refractivity contribution is 5.85. The first-order chi connectivity index (χ1) is 9.93. The van der Waals surface area contributed by atoms with Crippen LogP contribution in [-0.4, -0.2) is 58.9 Å². The molecule has 1 aliphatic heterocycles. The summed E-state index contributed by atoms with van der Waals surface area (Å²) in [5, 5.41) is 9.34. The lowest BCUT2D eigenvalue weighted by molar-refractivity contribution is -0.150. The van der Waals surface area contributed by atoms with Crippen LogP contribution in [0.25, 0.3) is 0 Å². The van der Waals surface area contributed by atoms with Gasteiger partial charge in [0.2, 0.25) is 11.8 Å². The summed E-state index contributed by atoms with van der Waals surface area (Å²) in [7, 11) is 0. The number of carboxylic acid groups (broad SMARTS) is 1. The molecule has 0 aromatic rings. The van der Waals surface area contributed by atoms with Gasteiger partial charge in [0.1, 0.15) is 0 Å². The molecule has 2 rings (SSSR count). The van der Waals surface area contributed by atoms with E-state index in [0.29, 0.717) is 44.9 Å². The summed E-state index contributed by atoms with van der Waals surface area (Å²) in [6, 6.07) is 0. The minimum Gasteiger partial charge on any atom is -0.481 e. The Morgan fingerprint density at radius 1 is 1.00 bits per heavy atom. The molecule has 118 valence electrons. The first kappa shape index (κ1) is 15.8. The molecule has 2 amide bonds. The summed E-state index contributed by atoms with van der Waals surface area (Å²) in [6.07, 6.45) is 2.21. The van der Waals surface area contributed by atoms with E-state index in [-0.39, 0.29) is 11.8 Å². The van der Waals surface area contributed by atoms with Crippen molar-refractivity contribution in [1.82, 2.24) is 9.80 Å². The minimum atomic E-state index is -0.855. The van der Waals surface area contributed by atoms with E-state index in [1.54, 1.807) is 9.80 Å². The number of hydrogen-bond acceptors (Lipinski definition) is 3. The van der Waals surface area contributed by atoms with Gasteiger partial charge in [-0.2, -0.15) is 0 Å². The SMILES string of the molecule is CCC1CC(C(=O)O)C(C(=O)N2CCN(C(C)=O)CC2)C1. The van der Waals surface area contributed by atoms with E-state index in [1.165, 1.54) is 6.92 Å². The van der Waals surface area contributed by atoms with Gasteiger partial charge >= 0.3 is 5.97 Å². The number of carboxylic acids is 1. The lowest BCUT2D eigenvalue weighted by atomic mass is 9.94. The molecule has 3 unspecified atom stereocenters. The molecule has 3 atom stereocenters. The number of aliphatic carboxylic acids is 1. The quantitative estimate of drug-likeness (QED) is 0.836. The van der Waals surface area contributed by atoms with Gasteiger partial charge in [-0.05, 0) is 18.8 Å². The zero-order chi connectivity index (χ0) is 15.6. The molecule has 0 spiro atoms. The van der Waals surface area contributed by atoms with Crippen LogP contribution in [0.3, 0.4) is 0 Å². The molecular weight excluding hydrogens is 272 g/mol. The van der Waals surface area contributed by atoms with Crippen molar-refractivity contribution in [2.24, 2.45) is 17.8 Å². The third-order valence-electron chi connectivity index (χ3n) is 4.91. The van der Waals surface area contributed by atoms with E-state index in [4.69, 9.17) is 0 Å². The van der Waals surface area contributed by atoms with E-state index in [0.717, 1.165) is 6.42 Å². The van der Waals surface area contributed by atoms with E-state index >= 15 is 0 Å². The van der Waals surface area contributed by atoms with Crippen LogP contribution in [0, 0.1) is 17.8 Å². The van der Waals surface area contributed by atoms with Crippen molar-refractivity contribution in [3.8, 4) is 0 Å². The highest BCUT2D eigenvalue weighted by atomic mass is 16.4. The minimum absolute atomic E-state index is 0.0254. The van der Waals surface area contributed by atoms with Crippen LogP contribution >= 0.6 is 0 Å². The molecule has 6 nitrogen and oxygen atoms in total. The van der Waals surface area contributed by atoms with Gasteiger partial charge in [-0.15, -0.1) is 0 Å². The van der Waals surface area contributed by atoms with Gasteiger partial charge in [0.15, 0.2) is 0 Å². The summed E-state index contributed by atoms with van der Waals surface area (Å²) < 4.78 is 0. The maximum atomic E-state index is 12.6. The third-order valence-corrected chi connectivity index (χ3v) is 4.91. The number of piperazine rings is 1. The molecule has 1 saturated heterocycles. The molecule has 6 heteroatoms. The van der Waals surface area contributed by atoms with E-state index in [1.807, 2.05) is 6.92 Å². The zero-order valence-electron chi connectivity index (χ0n) is 12.7. The molecule has 2 aliphatic rings. The second-order valence-corrected chi connectivity index (χ2v) is 6.13. The largest absolute Gasteiger partial charge is 0.481 e. The standard InChI is InChI=1S/C15H24N2O4/c1-3-11-8-12(13(9-11)15(20)21)14(19)17-6-4-16(5-7-17)10(2)18/h11-13H,3-9H2,1-2H3,(H,20,21). The van der Waals surface area contributed by atoms with E-state index < -0.39 is 17.8 Å². The fourth-order valence-electron chi connectivity index (χ4n) is 3.50. The average Bonchev–Trinajstić information content (AvgIpc) is 2.91. The predicted molar refractivity (Wildman–Crippen MR) is 76.5 cm³/mol. The molecule has 1 saturated carbocycles. The number of hydrogen-bond donors (Lipinski definition) is 1. The van der Waals surface area contributed by atoms with Crippen LogP contribution in [0.1, 0.15) is 33.1 Å². The lowest BCUT2D eigenvalue weighted by Gasteiger charge is -2.36. The Balaban J connectivity index is 1.99. The summed E-state index contributed by atoms with van der Waals surface area (Å²) in [5.41, 5.74) is 0. The molecule has 2 fully saturated rings. The topological polar surface area (TPSA) is 77.9 Å². The molecule has 0 bridgehead atoms. The number of carbonyl (C=O) groups is 3. The summed E-state index contributed by atoms with van der Waals surface area (Å²) in [6.45, 7) is 5.68. The van der Waals surface area contributed by atoms with Gasteiger partial charge in [0.25, 0.3) is 0 Å². The van der Waals surface area contributed by atoms with Crippen LogP contribution in [0.4, 0.5) is 0 Å². The average molecular weight is 296 g/mol. The second-order valence-electron chi connectivity index (χ2n) is 6.13. The molecular formula is C15H24N2O4. The maximum absolute atomic E-state index is 12.6. The number of nitrogens with zero attached hydrogens (tertiary/aromatic N) is 2. The Labute approximate surface area is 125 Å². The Bertz CT molecular complexity index is 429. The van der Waals surface area contributed by atoms with Gasteiger partial charge in [0.05, 0.1) is 11.8 Å². The zero-order valence-corrected chi connectivity index (χ0v) is 12.7. The van der Waals surface area contributed by atoms with Crippen LogP contribution in [-0.2, 0) is 14.4 Å². The maximum Gasteiger partial charge on any atom is 0.307 e. The summed E-state index contributed by atoms with van der Waals surface area (Å²) in [5.74, 6) is -1.48. The molecule has 1 N–H and O–H groups in total. The smallest absolute Gasteiger partial charge is 0.307 e. The van der Waals surface area contributed by atoms with Crippen molar-refractivity contribution in [3.63, 3.8) is 0 Å². The Hall–Kier alpha value is -1.59. The predicted octanol–water partition coefficient (Wildman–Crippen LogP) is 0.814. The molecule has 0 aromatic heterocycles. The monoisotopic (exact) mass is 296 g/mol. The van der Waals surface area contributed by atoms with Crippen molar-refractivity contribution in [2.75, 3.05) is 26.2 Å². The Kier molecular flexibility index (Phi) is 4.85. The molecule has 21 heavy (non-hydrogen) atoms. The van der Waals surface area contributed by atoms with Crippen molar-refractivity contribution < 1.29 is 19.5 Å². The van der Waals surface area contributed by atoms with Crippen molar-refractivity contribution in [3.05, 3.63) is 0 Å². The van der Waals surface area contributed by atoms with Crippen molar-refractivity contribution in [2.45, 2.75) is 33.1 Å². The lowest BCUT2D eigenvalue weighted by Crippen LogP contribution is -2.52. The van der Waals surface area contributed by atoms with Crippen LogP contribution in [0.15, 0.2) is 0 Å². The normalized spacial score (nSPS) is 29.5. The van der Waals surface area contributed by atoms with Gasteiger partial charge < -0.3 is 14.9 Å². The highest BCUT2D eigenvalue weighted by Crippen LogP contribution is 2.39. The number of carbonyl (C=O) groups excluding carboxylic acids is 2. The Morgan fingerprint density at radius 3 is 2.00 bits per heavy atom. The number of amides is 2. The highest BCUT2D eigenvalue weighted by Gasteiger charge is 2.44. The Morgan fingerprint density at radius 2 is 1.52 bits per heavy atom.